The Balaban J connectivity index is 2.29. The van der Waals surface area contributed by atoms with Gasteiger partial charge in [0.15, 0.2) is 0 Å². The zero-order valence-electron chi connectivity index (χ0n) is 8.27. The average Bonchev–Trinajstić information content (AvgIpc) is 2.50. The molecule has 67 valence electrons. The minimum absolute atomic E-state index is 1.24. The number of hydrogen-bond acceptors (Lipinski definition) is 0. The van der Waals surface area contributed by atoms with Crippen molar-refractivity contribution < 1.29 is 0 Å². The fraction of sp³-hybridized carbons (Fsp3) is 0.583. The van der Waals surface area contributed by atoms with Gasteiger partial charge < -0.3 is 0 Å². The summed E-state index contributed by atoms with van der Waals surface area (Å²) in [4.78, 5) is 0. The highest BCUT2D eigenvalue weighted by atomic mass is 14.1. The van der Waals surface area contributed by atoms with Crippen LogP contribution < -0.4 is 0 Å². The summed E-state index contributed by atoms with van der Waals surface area (Å²) >= 11 is 0. The second-order valence-corrected chi connectivity index (χ2v) is 3.48. The second kappa shape index (κ2) is 5.18. The Hall–Kier alpha value is -0.520. The Labute approximate surface area is 76.4 Å². The standard InChI is InChI=1S/C12H19/c1-3-5-7-12-9-8-11(10-12)6-4-2/h8-10H,3-7H2,1-2H3. The summed E-state index contributed by atoms with van der Waals surface area (Å²) in [7, 11) is 0. The van der Waals surface area contributed by atoms with Gasteiger partial charge in [-0.15, -0.1) is 0 Å². The molecule has 0 bridgehead atoms. The highest BCUT2D eigenvalue weighted by Gasteiger charge is 2.07. The first kappa shape index (κ1) is 9.57. The van der Waals surface area contributed by atoms with Crippen LogP contribution in [-0.4, -0.2) is 0 Å². The first-order valence-corrected chi connectivity index (χ1v) is 5.11. The Bertz CT molecular complexity index is 174. The van der Waals surface area contributed by atoms with Gasteiger partial charge in [-0.1, -0.05) is 50.5 Å². The Morgan fingerprint density at radius 3 is 2.50 bits per heavy atom. The molecule has 1 aliphatic rings. The molecule has 12 heavy (non-hydrogen) atoms. The van der Waals surface area contributed by atoms with Crippen LogP contribution in [0.25, 0.3) is 0 Å². The predicted molar refractivity (Wildman–Crippen MR) is 54.9 cm³/mol. The van der Waals surface area contributed by atoms with Crippen molar-refractivity contribution in [3.8, 4) is 0 Å². The predicted octanol–water partition coefficient (Wildman–Crippen LogP) is 4.05. The molecule has 0 aromatic carbocycles. The van der Waals surface area contributed by atoms with E-state index in [-0.39, 0.29) is 0 Å². The highest BCUT2D eigenvalue weighted by molar-refractivity contribution is 5.40. The van der Waals surface area contributed by atoms with E-state index in [0.717, 1.165) is 0 Å². The van der Waals surface area contributed by atoms with E-state index in [2.05, 4.69) is 32.1 Å². The van der Waals surface area contributed by atoms with E-state index >= 15 is 0 Å². The molecule has 0 atom stereocenters. The van der Waals surface area contributed by atoms with E-state index in [0.29, 0.717) is 0 Å². The van der Waals surface area contributed by atoms with Crippen LogP contribution >= 0.6 is 0 Å². The monoisotopic (exact) mass is 163 g/mol. The molecular weight excluding hydrogens is 144 g/mol. The van der Waals surface area contributed by atoms with Crippen molar-refractivity contribution in [2.75, 3.05) is 0 Å². The summed E-state index contributed by atoms with van der Waals surface area (Å²) in [6.07, 6.45) is 13.3. The van der Waals surface area contributed by atoms with Crippen molar-refractivity contribution in [1.29, 1.82) is 0 Å². The van der Waals surface area contributed by atoms with E-state index in [4.69, 9.17) is 0 Å². The normalized spacial score (nSPS) is 17.0. The largest absolute Gasteiger partial charge is 0.0731 e. The van der Waals surface area contributed by atoms with E-state index in [9.17, 15) is 0 Å². The lowest BCUT2D eigenvalue weighted by Crippen LogP contribution is -1.83. The molecule has 0 aliphatic heterocycles. The third kappa shape index (κ3) is 2.84. The molecule has 0 heterocycles. The van der Waals surface area contributed by atoms with Gasteiger partial charge in [0.25, 0.3) is 0 Å². The summed E-state index contributed by atoms with van der Waals surface area (Å²) in [5.41, 5.74) is 1.53. The van der Waals surface area contributed by atoms with Crippen LogP contribution in [0.15, 0.2) is 23.8 Å². The number of rotatable bonds is 5. The molecule has 0 nitrogen and oxygen atoms in total. The van der Waals surface area contributed by atoms with Crippen molar-refractivity contribution in [1.82, 2.24) is 0 Å². The summed E-state index contributed by atoms with van der Waals surface area (Å²) in [6.45, 7) is 4.48. The highest BCUT2D eigenvalue weighted by Crippen LogP contribution is 2.25. The maximum atomic E-state index is 2.36. The molecular formula is C12H19. The van der Waals surface area contributed by atoms with Crippen molar-refractivity contribution in [3.05, 3.63) is 29.7 Å². The van der Waals surface area contributed by atoms with Gasteiger partial charge in [-0.3, -0.25) is 0 Å². The zero-order valence-corrected chi connectivity index (χ0v) is 8.27. The topological polar surface area (TPSA) is 0 Å². The third-order valence-electron chi connectivity index (χ3n) is 2.24. The Kier molecular flexibility index (Phi) is 4.13. The summed E-state index contributed by atoms with van der Waals surface area (Å²) < 4.78 is 0. The van der Waals surface area contributed by atoms with Crippen LogP contribution in [0.1, 0.15) is 46.0 Å². The van der Waals surface area contributed by atoms with Crippen LogP contribution in [0.5, 0.6) is 0 Å². The summed E-state index contributed by atoms with van der Waals surface area (Å²) in [6, 6.07) is 0. The summed E-state index contributed by atoms with van der Waals surface area (Å²) in [5.74, 6) is 1.52. The molecule has 1 aliphatic carbocycles. The van der Waals surface area contributed by atoms with Crippen molar-refractivity contribution in [3.63, 3.8) is 0 Å². The van der Waals surface area contributed by atoms with E-state index < -0.39 is 0 Å². The fourth-order valence-electron chi connectivity index (χ4n) is 1.53. The maximum Gasteiger partial charge on any atom is 0.0196 e. The first-order valence-electron chi connectivity index (χ1n) is 5.11. The molecule has 0 spiro atoms. The van der Waals surface area contributed by atoms with Gasteiger partial charge in [-0.2, -0.15) is 0 Å². The van der Waals surface area contributed by atoms with Gasteiger partial charge in [0.05, 0.1) is 0 Å². The summed E-state index contributed by atoms with van der Waals surface area (Å²) in [5, 5.41) is 0. The Morgan fingerprint density at radius 1 is 1.00 bits per heavy atom. The number of allylic oxidation sites excluding steroid dienone is 4. The third-order valence-corrected chi connectivity index (χ3v) is 2.24. The fourth-order valence-corrected chi connectivity index (χ4v) is 1.53. The van der Waals surface area contributed by atoms with Crippen LogP contribution in [0.2, 0.25) is 0 Å². The quantitative estimate of drug-likeness (QED) is 0.573. The van der Waals surface area contributed by atoms with E-state index in [1.807, 2.05) is 0 Å². The second-order valence-electron chi connectivity index (χ2n) is 3.48. The van der Waals surface area contributed by atoms with E-state index in [1.165, 1.54) is 43.6 Å². The van der Waals surface area contributed by atoms with Gasteiger partial charge in [0.2, 0.25) is 0 Å². The zero-order chi connectivity index (χ0) is 8.81. The number of hydrogen-bond donors (Lipinski definition) is 0. The lowest BCUT2D eigenvalue weighted by molar-refractivity contribution is 0.797. The Morgan fingerprint density at radius 2 is 1.83 bits per heavy atom. The minimum atomic E-state index is 1.24. The van der Waals surface area contributed by atoms with Gasteiger partial charge in [0.1, 0.15) is 0 Å². The SMILES string of the molecule is CCCCC1=C[C](CCC)C=C1. The lowest BCUT2D eigenvalue weighted by atomic mass is 10.0. The number of unbranched alkanes of at least 4 members (excludes halogenated alkanes) is 1. The van der Waals surface area contributed by atoms with Gasteiger partial charge in [-0.05, 0) is 19.3 Å². The molecule has 0 fully saturated rings. The van der Waals surface area contributed by atoms with Gasteiger partial charge in [0, 0.05) is 5.92 Å². The molecule has 0 aromatic heterocycles. The molecule has 1 radical (unpaired) electrons. The van der Waals surface area contributed by atoms with Crippen molar-refractivity contribution in [2.24, 2.45) is 0 Å². The minimum Gasteiger partial charge on any atom is -0.0731 e. The van der Waals surface area contributed by atoms with Crippen molar-refractivity contribution >= 4 is 0 Å². The van der Waals surface area contributed by atoms with Crippen LogP contribution in [-0.2, 0) is 0 Å². The molecule has 1 rings (SSSR count). The average molecular weight is 163 g/mol. The molecule has 0 heteroatoms. The molecule has 0 saturated heterocycles. The maximum absolute atomic E-state index is 2.36. The smallest absolute Gasteiger partial charge is 0.0196 e. The molecule has 0 N–H and O–H groups in total. The molecule has 0 amide bonds. The molecule has 0 unspecified atom stereocenters. The molecule has 0 aromatic rings. The van der Waals surface area contributed by atoms with E-state index in [1.54, 1.807) is 0 Å². The van der Waals surface area contributed by atoms with Gasteiger partial charge in [-0.25, -0.2) is 0 Å². The van der Waals surface area contributed by atoms with Crippen LogP contribution in [0.3, 0.4) is 0 Å². The lowest BCUT2D eigenvalue weighted by Gasteiger charge is -1.99. The van der Waals surface area contributed by atoms with Crippen molar-refractivity contribution in [2.45, 2.75) is 46.0 Å². The molecule has 0 saturated carbocycles. The first-order chi connectivity index (χ1) is 5.86. The van der Waals surface area contributed by atoms with Gasteiger partial charge >= 0.3 is 0 Å². The van der Waals surface area contributed by atoms with Crippen LogP contribution in [0, 0.1) is 5.92 Å². The van der Waals surface area contributed by atoms with Crippen LogP contribution in [0.4, 0.5) is 0 Å².